The molecule has 0 spiro atoms. The van der Waals surface area contributed by atoms with Crippen molar-refractivity contribution in [1.82, 2.24) is 10.2 Å². The van der Waals surface area contributed by atoms with Crippen LogP contribution < -0.4 is 5.32 Å². The van der Waals surface area contributed by atoms with Gasteiger partial charge in [-0.3, -0.25) is 4.79 Å². The second-order valence-corrected chi connectivity index (χ2v) is 5.90. The molecule has 1 aliphatic rings. The fourth-order valence-corrected chi connectivity index (χ4v) is 2.88. The van der Waals surface area contributed by atoms with Crippen molar-refractivity contribution in [3.8, 4) is 0 Å². The van der Waals surface area contributed by atoms with Gasteiger partial charge in [-0.25, -0.2) is 0 Å². The van der Waals surface area contributed by atoms with Gasteiger partial charge < -0.3 is 10.1 Å². The first-order chi connectivity index (χ1) is 9.29. The lowest BCUT2D eigenvalue weighted by atomic mass is 10.00. The summed E-state index contributed by atoms with van der Waals surface area (Å²) in [5.41, 5.74) is 0. The van der Waals surface area contributed by atoms with Crippen molar-refractivity contribution >= 4 is 22.4 Å². The van der Waals surface area contributed by atoms with Crippen molar-refractivity contribution in [3.63, 3.8) is 0 Å². The van der Waals surface area contributed by atoms with Crippen molar-refractivity contribution in [2.75, 3.05) is 18.5 Å². The molecule has 1 aromatic rings. The van der Waals surface area contributed by atoms with Gasteiger partial charge in [-0.2, -0.15) is 0 Å². The van der Waals surface area contributed by atoms with Gasteiger partial charge in [-0.05, 0) is 19.3 Å². The Morgan fingerprint density at radius 1 is 1.37 bits per heavy atom. The van der Waals surface area contributed by atoms with Gasteiger partial charge in [0, 0.05) is 25.6 Å². The molecule has 106 valence electrons. The van der Waals surface area contributed by atoms with Crippen molar-refractivity contribution in [2.45, 2.75) is 45.4 Å². The Kier molecular flexibility index (Phi) is 5.72. The number of carbonyl (C=O) groups is 1. The van der Waals surface area contributed by atoms with E-state index in [9.17, 15) is 4.79 Å². The summed E-state index contributed by atoms with van der Waals surface area (Å²) in [6.07, 6.45) is 6.11. The topological polar surface area (TPSA) is 64.1 Å². The third-order valence-corrected chi connectivity index (χ3v) is 4.18. The molecule has 1 aromatic heterocycles. The number of hydrogen-bond donors (Lipinski definition) is 1. The number of nitrogens with one attached hydrogen (secondary N) is 1. The molecule has 0 bridgehead atoms. The van der Waals surface area contributed by atoms with Gasteiger partial charge in [0.2, 0.25) is 11.0 Å². The molecular weight excluding hydrogens is 262 g/mol. The summed E-state index contributed by atoms with van der Waals surface area (Å²) >= 11 is 1.49. The lowest BCUT2D eigenvalue weighted by Gasteiger charge is -2.20. The summed E-state index contributed by atoms with van der Waals surface area (Å²) in [4.78, 5) is 12.0. The van der Waals surface area contributed by atoms with Crippen molar-refractivity contribution < 1.29 is 9.53 Å². The third kappa shape index (κ3) is 4.54. The average Bonchev–Trinajstić information content (AvgIpc) is 2.88. The van der Waals surface area contributed by atoms with Crippen molar-refractivity contribution in [3.05, 3.63) is 5.01 Å². The first-order valence-corrected chi connectivity index (χ1v) is 7.82. The molecule has 2 heterocycles. The van der Waals surface area contributed by atoms with Gasteiger partial charge in [0.05, 0.1) is 0 Å². The van der Waals surface area contributed by atoms with E-state index in [1.807, 2.05) is 0 Å². The van der Waals surface area contributed by atoms with Gasteiger partial charge in [0.25, 0.3) is 0 Å². The van der Waals surface area contributed by atoms with Crippen LogP contribution in [0.1, 0.15) is 44.0 Å². The van der Waals surface area contributed by atoms with Gasteiger partial charge in [-0.15, -0.1) is 10.2 Å². The zero-order chi connectivity index (χ0) is 13.5. The van der Waals surface area contributed by atoms with Crippen LogP contribution in [-0.2, 0) is 16.0 Å². The minimum atomic E-state index is 0.0551. The van der Waals surface area contributed by atoms with E-state index >= 15 is 0 Å². The zero-order valence-corrected chi connectivity index (χ0v) is 12.2. The highest BCUT2D eigenvalue weighted by molar-refractivity contribution is 7.15. The predicted octanol–water partition coefficient (Wildman–Crippen LogP) is 2.64. The highest BCUT2D eigenvalue weighted by Crippen LogP contribution is 2.21. The van der Waals surface area contributed by atoms with E-state index in [0.29, 0.717) is 18.3 Å². The minimum Gasteiger partial charge on any atom is -0.381 e. The minimum absolute atomic E-state index is 0.0551. The fourth-order valence-electron chi connectivity index (χ4n) is 2.10. The summed E-state index contributed by atoms with van der Waals surface area (Å²) < 4.78 is 5.25. The number of nitrogens with zero attached hydrogens (tertiary/aromatic N) is 2. The Balaban J connectivity index is 1.80. The van der Waals surface area contributed by atoms with Crippen LogP contribution in [0, 0.1) is 5.92 Å². The molecule has 1 N–H and O–H groups in total. The summed E-state index contributed by atoms with van der Waals surface area (Å²) in [6.45, 7) is 3.53. The zero-order valence-electron chi connectivity index (χ0n) is 11.4. The van der Waals surface area contributed by atoms with Crippen LogP contribution in [0.15, 0.2) is 0 Å². The van der Waals surface area contributed by atoms with Crippen molar-refractivity contribution in [2.24, 2.45) is 5.92 Å². The number of anilines is 1. The molecule has 1 saturated heterocycles. The molecule has 0 unspecified atom stereocenters. The SMILES string of the molecule is CCCCCc1nnc(NC(=O)C2CCOCC2)s1. The summed E-state index contributed by atoms with van der Waals surface area (Å²) in [5, 5.41) is 12.7. The quantitative estimate of drug-likeness (QED) is 0.815. The van der Waals surface area contributed by atoms with E-state index in [0.717, 1.165) is 30.7 Å². The molecule has 6 heteroatoms. The van der Waals surface area contributed by atoms with Gasteiger partial charge >= 0.3 is 0 Å². The molecule has 2 rings (SSSR count). The Morgan fingerprint density at radius 2 is 2.16 bits per heavy atom. The second kappa shape index (κ2) is 7.55. The number of amides is 1. The molecule has 0 saturated carbocycles. The first kappa shape index (κ1) is 14.4. The number of ether oxygens (including phenoxy) is 1. The maximum absolute atomic E-state index is 12.0. The monoisotopic (exact) mass is 283 g/mol. The second-order valence-electron chi connectivity index (χ2n) is 4.83. The maximum atomic E-state index is 12.0. The van der Waals surface area contributed by atoms with Crippen LogP contribution in [0.25, 0.3) is 0 Å². The molecule has 1 fully saturated rings. The number of hydrogen-bond acceptors (Lipinski definition) is 5. The van der Waals surface area contributed by atoms with Gasteiger partial charge in [0.1, 0.15) is 5.01 Å². The van der Waals surface area contributed by atoms with E-state index in [-0.39, 0.29) is 11.8 Å². The largest absolute Gasteiger partial charge is 0.381 e. The van der Waals surface area contributed by atoms with E-state index in [1.54, 1.807) is 0 Å². The van der Waals surface area contributed by atoms with E-state index in [2.05, 4.69) is 22.4 Å². The molecule has 19 heavy (non-hydrogen) atoms. The first-order valence-electron chi connectivity index (χ1n) is 7.00. The fraction of sp³-hybridized carbons (Fsp3) is 0.769. The van der Waals surface area contributed by atoms with Crippen LogP contribution in [0.5, 0.6) is 0 Å². The Hall–Kier alpha value is -1.01. The number of rotatable bonds is 6. The maximum Gasteiger partial charge on any atom is 0.229 e. The molecule has 5 nitrogen and oxygen atoms in total. The lowest BCUT2D eigenvalue weighted by Crippen LogP contribution is -2.28. The molecular formula is C13H21N3O2S. The van der Waals surface area contributed by atoms with E-state index in [1.165, 1.54) is 24.2 Å². The lowest BCUT2D eigenvalue weighted by molar-refractivity contribution is -0.122. The van der Waals surface area contributed by atoms with Crippen LogP contribution in [0.2, 0.25) is 0 Å². The van der Waals surface area contributed by atoms with E-state index < -0.39 is 0 Å². The summed E-state index contributed by atoms with van der Waals surface area (Å²) in [7, 11) is 0. The predicted molar refractivity (Wildman–Crippen MR) is 75.3 cm³/mol. The number of aryl methyl sites for hydroxylation is 1. The third-order valence-electron chi connectivity index (χ3n) is 3.28. The molecule has 1 aliphatic heterocycles. The number of unbranched alkanes of at least 4 members (excludes halogenated alkanes) is 2. The van der Waals surface area contributed by atoms with E-state index in [4.69, 9.17) is 4.74 Å². The molecule has 0 aromatic carbocycles. The standard InChI is InChI=1S/C13H21N3O2S/c1-2-3-4-5-11-15-16-13(19-11)14-12(17)10-6-8-18-9-7-10/h10H,2-9H2,1H3,(H,14,16,17). The Bertz CT molecular complexity index is 402. The van der Waals surface area contributed by atoms with Crippen LogP contribution in [0.3, 0.4) is 0 Å². The average molecular weight is 283 g/mol. The number of aromatic nitrogens is 2. The number of carbonyl (C=O) groups excluding carboxylic acids is 1. The van der Waals surface area contributed by atoms with Crippen LogP contribution >= 0.6 is 11.3 Å². The summed E-state index contributed by atoms with van der Waals surface area (Å²) in [6, 6.07) is 0. The molecule has 1 amide bonds. The molecule has 0 radical (unpaired) electrons. The molecule has 0 aliphatic carbocycles. The smallest absolute Gasteiger partial charge is 0.229 e. The molecule has 0 atom stereocenters. The summed E-state index contributed by atoms with van der Waals surface area (Å²) in [5.74, 6) is 0.112. The normalized spacial score (nSPS) is 16.5. The van der Waals surface area contributed by atoms with Crippen LogP contribution in [-0.4, -0.2) is 29.3 Å². The Morgan fingerprint density at radius 3 is 2.89 bits per heavy atom. The van der Waals surface area contributed by atoms with Gasteiger partial charge in [-0.1, -0.05) is 31.1 Å². The Labute approximate surface area is 117 Å². The highest BCUT2D eigenvalue weighted by atomic mass is 32.1. The van der Waals surface area contributed by atoms with Crippen molar-refractivity contribution in [1.29, 1.82) is 0 Å². The van der Waals surface area contributed by atoms with Crippen LogP contribution in [0.4, 0.5) is 5.13 Å². The highest BCUT2D eigenvalue weighted by Gasteiger charge is 2.22. The van der Waals surface area contributed by atoms with Gasteiger partial charge in [0.15, 0.2) is 0 Å².